The van der Waals surface area contributed by atoms with Crippen LogP contribution in [0.1, 0.15) is 32.1 Å². The molecule has 2 saturated heterocycles. The van der Waals surface area contributed by atoms with Gasteiger partial charge in [-0.1, -0.05) is 18.6 Å². The largest absolute Gasteiger partial charge is 0.369 e. The van der Waals surface area contributed by atoms with Gasteiger partial charge in [-0.05, 0) is 51.4 Å². The summed E-state index contributed by atoms with van der Waals surface area (Å²) in [5, 5.41) is 6.47. The molecular formula is C19H26N4O2. The van der Waals surface area contributed by atoms with Crippen molar-refractivity contribution in [3.63, 3.8) is 0 Å². The Balaban J connectivity index is 1.44. The fraction of sp³-hybridized carbons (Fsp3) is 0.579. The molecule has 4 rings (SSSR count). The van der Waals surface area contributed by atoms with Crippen LogP contribution in [0.3, 0.4) is 0 Å². The van der Waals surface area contributed by atoms with E-state index in [9.17, 15) is 9.59 Å². The van der Waals surface area contributed by atoms with Gasteiger partial charge in [-0.25, -0.2) is 0 Å². The normalized spacial score (nSPS) is 25.9. The number of hydrogen-bond acceptors (Lipinski definition) is 4. The Morgan fingerprint density at radius 3 is 2.56 bits per heavy atom. The van der Waals surface area contributed by atoms with Crippen LogP contribution in [0, 0.1) is 0 Å². The highest BCUT2D eigenvalue weighted by Crippen LogP contribution is 2.36. The minimum absolute atomic E-state index is 0.0108. The summed E-state index contributed by atoms with van der Waals surface area (Å²) in [6, 6.07) is 7.79. The Bertz CT molecular complexity index is 682. The van der Waals surface area contributed by atoms with Gasteiger partial charge < -0.3 is 15.5 Å². The second-order valence-corrected chi connectivity index (χ2v) is 7.52. The van der Waals surface area contributed by atoms with E-state index in [1.54, 1.807) is 0 Å². The molecule has 1 atom stereocenters. The maximum Gasteiger partial charge on any atom is 0.250 e. The Kier molecular flexibility index (Phi) is 4.15. The number of likely N-dealkylation sites (tertiary alicyclic amines) is 2. The monoisotopic (exact) mass is 342 g/mol. The number of benzene rings is 1. The van der Waals surface area contributed by atoms with Crippen molar-refractivity contribution < 1.29 is 9.59 Å². The molecule has 0 unspecified atom stereocenters. The molecule has 2 amide bonds. The highest BCUT2D eigenvalue weighted by Gasteiger charge is 2.45. The molecule has 0 aromatic heterocycles. The van der Waals surface area contributed by atoms with Gasteiger partial charge in [0.05, 0.1) is 17.4 Å². The molecule has 6 heteroatoms. The molecule has 2 fully saturated rings. The van der Waals surface area contributed by atoms with Crippen LogP contribution in [-0.4, -0.2) is 59.9 Å². The number of piperidine rings is 2. The molecule has 25 heavy (non-hydrogen) atoms. The number of carbonyl (C=O) groups excluding carboxylic acids is 2. The van der Waals surface area contributed by atoms with Gasteiger partial charge >= 0.3 is 0 Å². The highest BCUT2D eigenvalue weighted by atomic mass is 16.2. The van der Waals surface area contributed by atoms with Crippen molar-refractivity contribution in [2.45, 2.75) is 43.7 Å². The third kappa shape index (κ3) is 2.88. The molecule has 0 bridgehead atoms. The van der Waals surface area contributed by atoms with Gasteiger partial charge in [0.1, 0.15) is 5.54 Å². The Morgan fingerprint density at radius 2 is 1.84 bits per heavy atom. The fourth-order valence-electron chi connectivity index (χ4n) is 4.32. The summed E-state index contributed by atoms with van der Waals surface area (Å²) in [5.74, 6) is 0.252. The summed E-state index contributed by atoms with van der Waals surface area (Å²) in [4.78, 5) is 29.7. The van der Waals surface area contributed by atoms with E-state index < -0.39 is 5.54 Å². The first kappa shape index (κ1) is 16.4. The Hall–Kier alpha value is -2.08. The van der Waals surface area contributed by atoms with Crippen LogP contribution in [-0.2, 0) is 9.59 Å². The van der Waals surface area contributed by atoms with Gasteiger partial charge in [0.15, 0.2) is 0 Å². The number of anilines is 2. The van der Waals surface area contributed by atoms with Gasteiger partial charge in [-0.15, -0.1) is 0 Å². The first-order valence-corrected chi connectivity index (χ1v) is 9.27. The van der Waals surface area contributed by atoms with E-state index in [0.717, 1.165) is 30.8 Å². The summed E-state index contributed by atoms with van der Waals surface area (Å²) in [6.07, 6.45) is 4.54. The molecule has 1 spiro atoms. The van der Waals surface area contributed by atoms with E-state index in [4.69, 9.17) is 0 Å². The molecule has 0 radical (unpaired) electrons. The van der Waals surface area contributed by atoms with E-state index >= 15 is 0 Å². The quantitative estimate of drug-likeness (QED) is 0.818. The van der Waals surface area contributed by atoms with Crippen LogP contribution >= 0.6 is 0 Å². The lowest BCUT2D eigenvalue weighted by atomic mass is 9.84. The van der Waals surface area contributed by atoms with E-state index in [2.05, 4.69) is 15.5 Å². The molecule has 0 saturated carbocycles. The van der Waals surface area contributed by atoms with Crippen molar-refractivity contribution in [1.82, 2.24) is 9.80 Å². The number of para-hydroxylation sites is 2. The maximum absolute atomic E-state index is 12.9. The summed E-state index contributed by atoms with van der Waals surface area (Å²) in [5.41, 5.74) is 1.21. The molecule has 3 aliphatic heterocycles. The van der Waals surface area contributed by atoms with Gasteiger partial charge in [-0.2, -0.15) is 0 Å². The van der Waals surface area contributed by atoms with Crippen molar-refractivity contribution in [3.05, 3.63) is 24.3 Å². The van der Waals surface area contributed by atoms with Crippen molar-refractivity contribution in [2.75, 3.05) is 37.3 Å². The molecule has 6 nitrogen and oxygen atoms in total. The smallest absolute Gasteiger partial charge is 0.250 e. The van der Waals surface area contributed by atoms with Crippen LogP contribution in [0.25, 0.3) is 0 Å². The van der Waals surface area contributed by atoms with Crippen LogP contribution in [0.2, 0.25) is 0 Å². The average molecular weight is 342 g/mol. The molecule has 3 heterocycles. The molecule has 1 aromatic carbocycles. The zero-order valence-corrected chi connectivity index (χ0v) is 14.8. The number of likely N-dealkylation sites (N-methyl/N-ethyl adjacent to an activating group) is 1. The number of fused-ring (bicyclic) bond motifs is 1. The predicted octanol–water partition coefficient (Wildman–Crippen LogP) is 1.90. The second-order valence-electron chi connectivity index (χ2n) is 7.52. The van der Waals surface area contributed by atoms with Crippen LogP contribution < -0.4 is 10.6 Å². The second kappa shape index (κ2) is 6.33. The molecule has 0 aliphatic carbocycles. The molecule has 1 aromatic rings. The first-order valence-electron chi connectivity index (χ1n) is 9.27. The predicted molar refractivity (Wildman–Crippen MR) is 97.5 cm³/mol. The molecule has 3 aliphatic rings. The Morgan fingerprint density at radius 1 is 1.12 bits per heavy atom. The summed E-state index contributed by atoms with van der Waals surface area (Å²) < 4.78 is 0. The van der Waals surface area contributed by atoms with E-state index in [1.165, 1.54) is 6.42 Å². The van der Waals surface area contributed by atoms with E-state index in [-0.39, 0.29) is 17.9 Å². The molecule has 2 N–H and O–H groups in total. The number of rotatable bonds is 1. The highest BCUT2D eigenvalue weighted by molar-refractivity contribution is 6.06. The van der Waals surface area contributed by atoms with Gasteiger partial charge in [0, 0.05) is 13.1 Å². The third-order valence-corrected chi connectivity index (χ3v) is 5.97. The zero-order valence-electron chi connectivity index (χ0n) is 14.8. The minimum atomic E-state index is -0.594. The minimum Gasteiger partial charge on any atom is -0.369 e. The van der Waals surface area contributed by atoms with Crippen LogP contribution in [0.4, 0.5) is 11.4 Å². The number of hydrogen-bond donors (Lipinski definition) is 2. The van der Waals surface area contributed by atoms with E-state index in [1.807, 2.05) is 36.2 Å². The van der Waals surface area contributed by atoms with Crippen molar-refractivity contribution in [1.29, 1.82) is 0 Å². The van der Waals surface area contributed by atoms with Crippen molar-refractivity contribution >= 4 is 23.2 Å². The Labute approximate surface area is 148 Å². The SMILES string of the molecule is CN1CCCC[C@H]1C(=O)N1CCC2(CC1)Nc1ccccc1NC2=O. The number of nitrogens with zero attached hydrogens (tertiary/aromatic N) is 2. The molecule has 134 valence electrons. The van der Waals surface area contributed by atoms with Gasteiger partial charge in [0.2, 0.25) is 11.8 Å². The van der Waals surface area contributed by atoms with Crippen molar-refractivity contribution in [2.24, 2.45) is 0 Å². The van der Waals surface area contributed by atoms with Crippen LogP contribution in [0.15, 0.2) is 24.3 Å². The van der Waals surface area contributed by atoms with Crippen molar-refractivity contribution in [3.8, 4) is 0 Å². The molecular weight excluding hydrogens is 316 g/mol. The van der Waals surface area contributed by atoms with E-state index in [0.29, 0.717) is 25.9 Å². The fourth-order valence-corrected chi connectivity index (χ4v) is 4.32. The summed E-state index contributed by atoms with van der Waals surface area (Å²) in [6.45, 7) is 2.26. The lowest BCUT2D eigenvalue weighted by molar-refractivity contribution is -0.140. The maximum atomic E-state index is 12.9. The van der Waals surface area contributed by atoms with Gasteiger partial charge in [0.25, 0.3) is 0 Å². The summed E-state index contributed by atoms with van der Waals surface area (Å²) >= 11 is 0. The lowest BCUT2D eigenvalue weighted by Gasteiger charge is -2.45. The average Bonchev–Trinajstić information content (AvgIpc) is 2.63. The zero-order chi connectivity index (χ0) is 17.4. The lowest BCUT2D eigenvalue weighted by Crippen LogP contribution is -2.60. The number of carbonyl (C=O) groups is 2. The first-order chi connectivity index (χ1) is 12.1. The number of nitrogens with one attached hydrogen (secondary N) is 2. The standard InChI is InChI=1S/C19H26N4O2/c1-22-11-5-4-8-16(22)17(24)23-12-9-19(10-13-23)18(25)20-14-6-2-3-7-15(14)21-19/h2-3,6-7,16,21H,4-5,8-13H2,1H3,(H,20,25)/t16-/m0/s1. The number of amides is 2. The van der Waals surface area contributed by atoms with Gasteiger partial charge in [-0.3, -0.25) is 14.5 Å². The summed E-state index contributed by atoms with van der Waals surface area (Å²) in [7, 11) is 2.04. The third-order valence-electron chi connectivity index (χ3n) is 5.97. The van der Waals surface area contributed by atoms with Crippen LogP contribution in [0.5, 0.6) is 0 Å². The topological polar surface area (TPSA) is 64.7 Å².